The van der Waals surface area contributed by atoms with E-state index in [1.165, 1.54) is 0 Å². The summed E-state index contributed by atoms with van der Waals surface area (Å²) >= 11 is 0. The SMILES string of the molecule is O=C(Nc1ccc(Oc2ccccc2)cc1)[C@H]1CCCC[C@H]1C(=O)O. The summed E-state index contributed by atoms with van der Waals surface area (Å²) in [6.07, 6.45) is 2.95. The first-order valence-corrected chi connectivity index (χ1v) is 8.50. The van der Waals surface area contributed by atoms with Crippen LogP contribution in [0.25, 0.3) is 0 Å². The van der Waals surface area contributed by atoms with Gasteiger partial charge < -0.3 is 15.2 Å². The summed E-state index contributed by atoms with van der Waals surface area (Å²) in [5, 5.41) is 12.1. The quantitative estimate of drug-likeness (QED) is 0.851. The maximum atomic E-state index is 12.5. The van der Waals surface area contributed by atoms with Crippen molar-refractivity contribution in [3.8, 4) is 11.5 Å². The number of para-hydroxylation sites is 1. The third-order valence-electron chi connectivity index (χ3n) is 4.52. The number of hydrogen-bond donors (Lipinski definition) is 2. The van der Waals surface area contributed by atoms with Crippen LogP contribution in [0.2, 0.25) is 0 Å². The van der Waals surface area contributed by atoms with Gasteiger partial charge in [0.1, 0.15) is 11.5 Å². The highest BCUT2D eigenvalue weighted by Crippen LogP contribution is 2.31. The molecule has 2 N–H and O–H groups in total. The normalized spacial score (nSPS) is 19.8. The molecule has 2 aromatic rings. The zero-order valence-corrected chi connectivity index (χ0v) is 13.9. The number of carbonyl (C=O) groups excluding carboxylic acids is 1. The molecule has 5 heteroatoms. The summed E-state index contributed by atoms with van der Waals surface area (Å²) in [5.74, 6) is -0.743. The number of aliphatic carboxylic acids is 1. The molecule has 0 heterocycles. The van der Waals surface area contributed by atoms with Crippen LogP contribution in [-0.2, 0) is 9.59 Å². The highest BCUT2D eigenvalue weighted by atomic mass is 16.5. The second-order valence-electron chi connectivity index (χ2n) is 6.26. The monoisotopic (exact) mass is 339 g/mol. The lowest BCUT2D eigenvalue weighted by Crippen LogP contribution is -2.36. The maximum absolute atomic E-state index is 12.5. The number of nitrogens with one attached hydrogen (secondary N) is 1. The van der Waals surface area contributed by atoms with Crippen LogP contribution in [0, 0.1) is 11.8 Å². The Labute approximate surface area is 146 Å². The van der Waals surface area contributed by atoms with Crippen molar-refractivity contribution >= 4 is 17.6 Å². The van der Waals surface area contributed by atoms with Gasteiger partial charge in [0.25, 0.3) is 0 Å². The Morgan fingerprint density at radius 1 is 0.880 bits per heavy atom. The number of amides is 1. The van der Waals surface area contributed by atoms with Gasteiger partial charge in [0, 0.05) is 5.69 Å². The van der Waals surface area contributed by atoms with Crippen LogP contribution >= 0.6 is 0 Å². The lowest BCUT2D eigenvalue weighted by Gasteiger charge is -2.27. The average molecular weight is 339 g/mol. The summed E-state index contributed by atoms with van der Waals surface area (Å²) in [4.78, 5) is 23.8. The van der Waals surface area contributed by atoms with E-state index in [0.29, 0.717) is 24.3 Å². The van der Waals surface area contributed by atoms with Crippen LogP contribution in [0.4, 0.5) is 5.69 Å². The van der Waals surface area contributed by atoms with Crippen molar-refractivity contribution in [1.29, 1.82) is 0 Å². The molecule has 0 bridgehead atoms. The molecule has 2 aromatic carbocycles. The molecule has 1 amide bonds. The maximum Gasteiger partial charge on any atom is 0.307 e. The Bertz CT molecular complexity index is 727. The van der Waals surface area contributed by atoms with Crippen molar-refractivity contribution in [2.24, 2.45) is 11.8 Å². The first-order valence-electron chi connectivity index (χ1n) is 8.50. The lowest BCUT2D eigenvalue weighted by molar-refractivity contribution is -0.147. The van der Waals surface area contributed by atoms with Crippen LogP contribution in [0.1, 0.15) is 25.7 Å². The molecule has 1 aliphatic rings. The number of ether oxygens (including phenoxy) is 1. The Kier molecular flexibility index (Phi) is 5.33. The molecule has 3 rings (SSSR count). The van der Waals surface area contributed by atoms with Gasteiger partial charge in [-0.3, -0.25) is 9.59 Å². The molecule has 0 aliphatic heterocycles. The van der Waals surface area contributed by atoms with E-state index in [2.05, 4.69) is 5.32 Å². The highest BCUT2D eigenvalue weighted by molar-refractivity contribution is 5.95. The molecule has 1 fully saturated rings. The molecule has 1 saturated carbocycles. The number of rotatable bonds is 5. The standard InChI is InChI=1S/C20H21NO4/c22-19(17-8-4-5-9-18(17)20(23)24)21-14-10-12-16(13-11-14)25-15-6-2-1-3-7-15/h1-3,6-7,10-13,17-18H,4-5,8-9H2,(H,21,22)(H,23,24)/t17-,18+/m0/s1. The summed E-state index contributed by atoms with van der Waals surface area (Å²) < 4.78 is 5.71. The van der Waals surface area contributed by atoms with Crippen molar-refractivity contribution in [3.63, 3.8) is 0 Å². The zero-order valence-electron chi connectivity index (χ0n) is 13.9. The molecular weight excluding hydrogens is 318 g/mol. The Balaban J connectivity index is 1.62. The fourth-order valence-corrected chi connectivity index (χ4v) is 3.21. The van der Waals surface area contributed by atoms with Crippen LogP contribution in [0.5, 0.6) is 11.5 Å². The lowest BCUT2D eigenvalue weighted by atomic mass is 9.78. The van der Waals surface area contributed by atoms with E-state index in [0.717, 1.165) is 18.6 Å². The highest BCUT2D eigenvalue weighted by Gasteiger charge is 2.35. The van der Waals surface area contributed by atoms with Gasteiger partial charge in [0.05, 0.1) is 11.8 Å². The molecule has 1 aliphatic carbocycles. The minimum atomic E-state index is -0.883. The van der Waals surface area contributed by atoms with E-state index in [1.54, 1.807) is 24.3 Å². The van der Waals surface area contributed by atoms with Crippen molar-refractivity contribution < 1.29 is 19.4 Å². The summed E-state index contributed by atoms with van der Waals surface area (Å²) in [6.45, 7) is 0. The third kappa shape index (κ3) is 4.38. The summed E-state index contributed by atoms with van der Waals surface area (Å²) in [5.41, 5.74) is 0.639. The topological polar surface area (TPSA) is 75.6 Å². The van der Waals surface area contributed by atoms with Gasteiger partial charge in [-0.15, -0.1) is 0 Å². The van der Waals surface area contributed by atoms with Gasteiger partial charge in [-0.2, -0.15) is 0 Å². The van der Waals surface area contributed by atoms with Gasteiger partial charge in [-0.25, -0.2) is 0 Å². The Morgan fingerprint density at radius 2 is 1.48 bits per heavy atom. The number of carboxylic acid groups (broad SMARTS) is 1. The number of carboxylic acids is 1. The van der Waals surface area contributed by atoms with Crippen LogP contribution in [0.15, 0.2) is 54.6 Å². The van der Waals surface area contributed by atoms with E-state index < -0.39 is 17.8 Å². The zero-order chi connectivity index (χ0) is 17.6. The van der Waals surface area contributed by atoms with E-state index in [-0.39, 0.29) is 5.91 Å². The Hall–Kier alpha value is -2.82. The molecule has 2 atom stereocenters. The molecule has 0 unspecified atom stereocenters. The molecular formula is C20H21NO4. The van der Waals surface area contributed by atoms with Gasteiger partial charge in [-0.05, 0) is 49.2 Å². The van der Waals surface area contributed by atoms with E-state index in [4.69, 9.17) is 4.74 Å². The predicted octanol–water partition coefficient (Wildman–Crippen LogP) is 4.31. The molecule has 5 nitrogen and oxygen atoms in total. The first-order chi connectivity index (χ1) is 12.1. The minimum absolute atomic E-state index is 0.219. The number of benzene rings is 2. The predicted molar refractivity (Wildman–Crippen MR) is 94.7 cm³/mol. The molecule has 130 valence electrons. The van der Waals surface area contributed by atoms with Crippen molar-refractivity contribution in [2.75, 3.05) is 5.32 Å². The molecule has 25 heavy (non-hydrogen) atoms. The van der Waals surface area contributed by atoms with E-state index in [9.17, 15) is 14.7 Å². The second-order valence-corrected chi connectivity index (χ2v) is 6.26. The fraction of sp³-hybridized carbons (Fsp3) is 0.300. The molecule has 0 spiro atoms. The molecule has 0 radical (unpaired) electrons. The largest absolute Gasteiger partial charge is 0.481 e. The first kappa shape index (κ1) is 17.0. The molecule has 0 aromatic heterocycles. The average Bonchev–Trinajstić information content (AvgIpc) is 2.64. The van der Waals surface area contributed by atoms with Gasteiger partial charge in [0.15, 0.2) is 0 Å². The third-order valence-corrected chi connectivity index (χ3v) is 4.52. The van der Waals surface area contributed by atoms with Crippen molar-refractivity contribution in [1.82, 2.24) is 0 Å². The number of hydrogen-bond acceptors (Lipinski definition) is 3. The Morgan fingerprint density at radius 3 is 2.12 bits per heavy atom. The van der Waals surface area contributed by atoms with Crippen molar-refractivity contribution in [2.45, 2.75) is 25.7 Å². The van der Waals surface area contributed by atoms with Gasteiger partial charge in [0.2, 0.25) is 5.91 Å². The summed E-state index contributed by atoms with van der Waals surface area (Å²) in [6, 6.07) is 16.5. The number of carbonyl (C=O) groups is 2. The van der Waals surface area contributed by atoms with Crippen LogP contribution in [0.3, 0.4) is 0 Å². The second kappa shape index (κ2) is 7.83. The van der Waals surface area contributed by atoms with E-state index >= 15 is 0 Å². The molecule has 0 saturated heterocycles. The van der Waals surface area contributed by atoms with Crippen LogP contribution in [-0.4, -0.2) is 17.0 Å². The van der Waals surface area contributed by atoms with E-state index in [1.807, 2.05) is 30.3 Å². The van der Waals surface area contributed by atoms with Crippen LogP contribution < -0.4 is 10.1 Å². The number of anilines is 1. The summed E-state index contributed by atoms with van der Waals surface area (Å²) in [7, 11) is 0. The minimum Gasteiger partial charge on any atom is -0.481 e. The van der Waals surface area contributed by atoms with Gasteiger partial charge >= 0.3 is 5.97 Å². The van der Waals surface area contributed by atoms with Crippen molar-refractivity contribution in [3.05, 3.63) is 54.6 Å². The smallest absolute Gasteiger partial charge is 0.307 e. The van der Waals surface area contributed by atoms with Gasteiger partial charge in [-0.1, -0.05) is 31.0 Å². The fourth-order valence-electron chi connectivity index (χ4n) is 3.21.